The number of aliphatic carboxylic acids is 1. The Bertz CT molecular complexity index is 526. The summed E-state index contributed by atoms with van der Waals surface area (Å²) in [5.74, 6) is -0.769. The fourth-order valence-corrected chi connectivity index (χ4v) is 4.69. The molecule has 1 fully saturated rings. The molecular weight excluding hydrogens is 307 g/mol. The minimum Gasteiger partial charge on any atom is -0.481 e. The summed E-state index contributed by atoms with van der Waals surface area (Å²) in [7, 11) is 0. The van der Waals surface area contributed by atoms with Crippen LogP contribution in [-0.2, 0) is 10.2 Å². The number of halogens is 2. The van der Waals surface area contributed by atoms with Crippen molar-refractivity contribution in [2.45, 2.75) is 57.8 Å². The number of hydrogen-bond donors (Lipinski definition) is 1. The van der Waals surface area contributed by atoms with E-state index < -0.39 is 11.4 Å². The van der Waals surface area contributed by atoms with Gasteiger partial charge in [0.2, 0.25) is 0 Å². The van der Waals surface area contributed by atoms with Gasteiger partial charge in [0.1, 0.15) is 0 Å². The summed E-state index contributed by atoms with van der Waals surface area (Å²) in [6.45, 7) is 4.32. The van der Waals surface area contributed by atoms with Crippen LogP contribution in [0.2, 0.25) is 10.0 Å². The summed E-state index contributed by atoms with van der Waals surface area (Å²) >= 11 is 12.2. The van der Waals surface area contributed by atoms with E-state index in [2.05, 4.69) is 13.8 Å². The molecule has 0 unspecified atom stereocenters. The van der Waals surface area contributed by atoms with Crippen LogP contribution in [0, 0.1) is 5.41 Å². The number of carboxylic acids is 1. The van der Waals surface area contributed by atoms with Gasteiger partial charge >= 0.3 is 5.97 Å². The molecule has 0 heterocycles. The second-order valence-electron chi connectivity index (χ2n) is 6.36. The Kier molecular flexibility index (Phi) is 4.89. The SMILES string of the molecule is CCCC1(CCC)CC(C(=O)O)(c2ccc(Cl)cc2Cl)C1. The van der Waals surface area contributed by atoms with Crippen molar-refractivity contribution in [3.8, 4) is 0 Å². The fraction of sp³-hybridized carbons (Fsp3) is 0.588. The Hall–Kier alpha value is -0.730. The largest absolute Gasteiger partial charge is 0.481 e. The van der Waals surface area contributed by atoms with E-state index in [4.69, 9.17) is 23.2 Å². The van der Waals surface area contributed by atoms with Crippen LogP contribution in [0.25, 0.3) is 0 Å². The number of carbonyl (C=O) groups is 1. The van der Waals surface area contributed by atoms with Crippen molar-refractivity contribution >= 4 is 29.2 Å². The van der Waals surface area contributed by atoms with Crippen LogP contribution < -0.4 is 0 Å². The third kappa shape index (κ3) is 2.93. The van der Waals surface area contributed by atoms with Crippen LogP contribution in [0.15, 0.2) is 18.2 Å². The minimum absolute atomic E-state index is 0.158. The quantitative estimate of drug-likeness (QED) is 0.727. The zero-order valence-electron chi connectivity index (χ0n) is 12.6. The summed E-state index contributed by atoms with van der Waals surface area (Å²) < 4.78 is 0. The Labute approximate surface area is 136 Å². The van der Waals surface area contributed by atoms with Crippen molar-refractivity contribution in [2.24, 2.45) is 5.41 Å². The van der Waals surface area contributed by atoms with Crippen LogP contribution in [0.1, 0.15) is 57.9 Å². The maximum Gasteiger partial charge on any atom is 0.314 e. The molecule has 2 rings (SSSR count). The molecule has 1 aromatic rings. The molecule has 1 aliphatic carbocycles. The average molecular weight is 329 g/mol. The maximum absolute atomic E-state index is 11.9. The van der Waals surface area contributed by atoms with Crippen molar-refractivity contribution in [1.29, 1.82) is 0 Å². The molecule has 21 heavy (non-hydrogen) atoms. The van der Waals surface area contributed by atoms with Crippen LogP contribution in [0.4, 0.5) is 0 Å². The highest BCUT2D eigenvalue weighted by Gasteiger charge is 2.59. The van der Waals surface area contributed by atoms with Gasteiger partial charge in [0.05, 0.1) is 5.41 Å². The van der Waals surface area contributed by atoms with Crippen molar-refractivity contribution in [2.75, 3.05) is 0 Å². The summed E-state index contributed by atoms with van der Waals surface area (Å²) in [6, 6.07) is 5.15. The van der Waals surface area contributed by atoms with Gasteiger partial charge in [-0.3, -0.25) is 4.79 Å². The van der Waals surface area contributed by atoms with Crippen molar-refractivity contribution in [1.82, 2.24) is 0 Å². The first-order chi connectivity index (χ1) is 9.89. The lowest BCUT2D eigenvalue weighted by atomic mass is 9.48. The molecule has 0 radical (unpaired) electrons. The van der Waals surface area contributed by atoms with Crippen molar-refractivity contribution < 1.29 is 9.90 Å². The third-order valence-electron chi connectivity index (χ3n) is 4.77. The van der Waals surface area contributed by atoms with Crippen LogP contribution in [-0.4, -0.2) is 11.1 Å². The van der Waals surface area contributed by atoms with E-state index in [1.807, 2.05) is 0 Å². The second kappa shape index (κ2) is 6.18. The molecule has 1 aromatic carbocycles. The fourth-order valence-electron chi connectivity index (χ4n) is 4.10. The highest BCUT2D eigenvalue weighted by Crippen LogP contribution is 2.61. The molecule has 116 valence electrons. The van der Waals surface area contributed by atoms with Crippen LogP contribution >= 0.6 is 23.2 Å². The zero-order valence-corrected chi connectivity index (χ0v) is 14.1. The predicted molar refractivity (Wildman–Crippen MR) is 87.3 cm³/mol. The van der Waals surface area contributed by atoms with Gasteiger partial charge in [0.15, 0.2) is 0 Å². The van der Waals surface area contributed by atoms with E-state index in [0.29, 0.717) is 28.5 Å². The first-order valence-corrected chi connectivity index (χ1v) is 8.34. The minimum atomic E-state index is -0.841. The lowest BCUT2D eigenvalue weighted by Gasteiger charge is -2.55. The lowest BCUT2D eigenvalue weighted by Crippen LogP contribution is -2.54. The Morgan fingerprint density at radius 1 is 1.19 bits per heavy atom. The molecule has 2 nitrogen and oxygen atoms in total. The van der Waals surface area contributed by atoms with Gasteiger partial charge < -0.3 is 5.11 Å². The molecular formula is C17H22Cl2O2. The highest BCUT2D eigenvalue weighted by molar-refractivity contribution is 6.35. The topological polar surface area (TPSA) is 37.3 Å². The van der Waals surface area contributed by atoms with Gasteiger partial charge in [-0.2, -0.15) is 0 Å². The molecule has 4 heteroatoms. The lowest BCUT2D eigenvalue weighted by molar-refractivity contribution is -0.155. The van der Waals surface area contributed by atoms with Crippen molar-refractivity contribution in [3.63, 3.8) is 0 Å². The Balaban J connectivity index is 2.35. The van der Waals surface area contributed by atoms with Gasteiger partial charge in [-0.1, -0.05) is 56.0 Å². The average Bonchev–Trinajstić information content (AvgIpc) is 2.35. The van der Waals surface area contributed by atoms with Gasteiger partial charge in [-0.15, -0.1) is 0 Å². The number of hydrogen-bond acceptors (Lipinski definition) is 1. The molecule has 0 aromatic heterocycles. The zero-order chi connectivity index (χ0) is 15.7. The van der Waals surface area contributed by atoms with E-state index in [1.165, 1.54) is 0 Å². The van der Waals surface area contributed by atoms with Gasteiger partial charge in [-0.05, 0) is 48.8 Å². The molecule has 0 bridgehead atoms. The summed E-state index contributed by atoms with van der Waals surface area (Å²) in [6.07, 6.45) is 5.70. The maximum atomic E-state index is 11.9. The normalized spacial score (nSPS) is 19.0. The van der Waals surface area contributed by atoms with E-state index in [1.54, 1.807) is 18.2 Å². The van der Waals surface area contributed by atoms with Gasteiger partial charge in [0, 0.05) is 10.0 Å². The van der Waals surface area contributed by atoms with Gasteiger partial charge in [-0.25, -0.2) is 0 Å². The standard InChI is InChI=1S/C17H22Cl2O2/c1-3-7-16(8-4-2)10-17(11-16,15(20)21)13-6-5-12(18)9-14(13)19/h5-6,9H,3-4,7-8,10-11H2,1-2H3,(H,20,21). The van der Waals surface area contributed by atoms with E-state index in [0.717, 1.165) is 25.7 Å². The number of rotatable bonds is 6. The molecule has 0 saturated heterocycles. The molecule has 1 saturated carbocycles. The highest BCUT2D eigenvalue weighted by atomic mass is 35.5. The number of benzene rings is 1. The number of carboxylic acid groups (broad SMARTS) is 1. The van der Waals surface area contributed by atoms with Gasteiger partial charge in [0.25, 0.3) is 0 Å². The molecule has 0 amide bonds. The predicted octanol–water partition coefficient (Wildman–Crippen LogP) is 5.70. The molecule has 1 aliphatic rings. The first kappa shape index (κ1) is 16.6. The first-order valence-electron chi connectivity index (χ1n) is 7.58. The Morgan fingerprint density at radius 3 is 2.19 bits per heavy atom. The third-order valence-corrected chi connectivity index (χ3v) is 5.32. The molecule has 0 atom stereocenters. The summed E-state index contributed by atoms with van der Waals surface area (Å²) in [5.41, 5.74) is 0.0283. The van der Waals surface area contributed by atoms with E-state index in [9.17, 15) is 9.90 Å². The van der Waals surface area contributed by atoms with Crippen LogP contribution in [0.3, 0.4) is 0 Å². The van der Waals surface area contributed by atoms with Crippen LogP contribution in [0.5, 0.6) is 0 Å². The van der Waals surface area contributed by atoms with Crippen molar-refractivity contribution in [3.05, 3.63) is 33.8 Å². The van der Waals surface area contributed by atoms with E-state index in [-0.39, 0.29) is 5.41 Å². The van der Waals surface area contributed by atoms with E-state index >= 15 is 0 Å². The molecule has 0 spiro atoms. The Morgan fingerprint density at radius 2 is 1.76 bits per heavy atom. The summed E-state index contributed by atoms with van der Waals surface area (Å²) in [5, 5.41) is 10.8. The smallest absolute Gasteiger partial charge is 0.314 e. The molecule has 0 aliphatic heterocycles. The second-order valence-corrected chi connectivity index (χ2v) is 7.21. The monoisotopic (exact) mass is 328 g/mol. The summed E-state index contributed by atoms with van der Waals surface area (Å²) in [4.78, 5) is 11.9. The molecule has 1 N–H and O–H groups in total.